The molecule has 1 heterocycles. The van der Waals surface area contributed by atoms with Crippen LogP contribution in [0.15, 0.2) is 4.99 Å². The van der Waals surface area contributed by atoms with Gasteiger partial charge in [0.25, 0.3) is 0 Å². The molecule has 0 amide bonds. The van der Waals surface area contributed by atoms with Crippen LogP contribution in [0.4, 0.5) is 0 Å². The van der Waals surface area contributed by atoms with Crippen LogP contribution in [0, 0.1) is 5.92 Å². The molecule has 1 aliphatic heterocycles. The zero-order valence-corrected chi connectivity index (χ0v) is 10.2. The molecule has 0 aromatic carbocycles. The molecule has 2 rings (SSSR count). The van der Waals surface area contributed by atoms with Crippen molar-refractivity contribution in [3.63, 3.8) is 0 Å². The second kappa shape index (κ2) is 4.42. The average Bonchev–Trinajstić information content (AvgIpc) is 2.91. The van der Waals surface area contributed by atoms with E-state index >= 15 is 0 Å². The molecule has 2 aliphatic rings. The van der Waals surface area contributed by atoms with Gasteiger partial charge in [-0.05, 0) is 25.2 Å². The Labute approximate surface area is 93.2 Å². The van der Waals surface area contributed by atoms with Crippen molar-refractivity contribution in [3.05, 3.63) is 0 Å². The predicted octanol–water partition coefficient (Wildman–Crippen LogP) is 1.80. The number of guanidine groups is 1. The van der Waals surface area contributed by atoms with Gasteiger partial charge in [-0.25, -0.2) is 4.99 Å². The largest absolute Gasteiger partial charge is 0.346 e. The summed E-state index contributed by atoms with van der Waals surface area (Å²) in [5, 5.41) is 0. The third kappa shape index (κ3) is 2.44. The van der Waals surface area contributed by atoms with Gasteiger partial charge in [-0.1, -0.05) is 13.3 Å². The molecule has 0 aromatic heterocycles. The summed E-state index contributed by atoms with van der Waals surface area (Å²) in [4.78, 5) is 9.47. The summed E-state index contributed by atoms with van der Waals surface area (Å²) in [7, 11) is 4.32. The lowest BCUT2D eigenvalue weighted by Crippen LogP contribution is -2.46. The van der Waals surface area contributed by atoms with Crippen molar-refractivity contribution < 1.29 is 0 Å². The van der Waals surface area contributed by atoms with Crippen LogP contribution in [-0.2, 0) is 0 Å². The van der Waals surface area contributed by atoms with E-state index in [0.29, 0.717) is 6.04 Å². The van der Waals surface area contributed by atoms with Crippen LogP contribution in [0.1, 0.15) is 32.6 Å². The second-order valence-corrected chi connectivity index (χ2v) is 4.98. The van der Waals surface area contributed by atoms with Crippen molar-refractivity contribution in [1.82, 2.24) is 9.80 Å². The molecular weight excluding hydrogens is 186 g/mol. The Hall–Kier alpha value is -0.730. The maximum absolute atomic E-state index is 4.88. The average molecular weight is 209 g/mol. The fourth-order valence-corrected chi connectivity index (χ4v) is 2.45. The van der Waals surface area contributed by atoms with Crippen LogP contribution in [0.2, 0.25) is 0 Å². The molecule has 1 saturated heterocycles. The number of hydrogen-bond donors (Lipinski definition) is 0. The Morgan fingerprint density at radius 1 is 1.27 bits per heavy atom. The van der Waals surface area contributed by atoms with Crippen molar-refractivity contribution in [1.29, 1.82) is 0 Å². The van der Waals surface area contributed by atoms with E-state index in [1.165, 1.54) is 31.6 Å². The zero-order valence-electron chi connectivity index (χ0n) is 10.2. The summed E-state index contributed by atoms with van der Waals surface area (Å²) in [6.07, 6.45) is 5.24. The van der Waals surface area contributed by atoms with Crippen LogP contribution >= 0.6 is 0 Å². The van der Waals surface area contributed by atoms with E-state index in [-0.39, 0.29) is 0 Å². The highest BCUT2D eigenvalue weighted by molar-refractivity contribution is 5.80. The smallest absolute Gasteiger partial charge is 0.196 e. The number of nitrogens with zero attached hydrogens (tertiary/aromatic N) is 3. The maximum atomic E-state index is 4.88. The summed E-state index contributed by atoms with van der Waals surface area (Å²) < 4.78 is 0. The summed E-state index contributed by atoms with van der Waals surface area (Å²) in [5.74, 6) is 2.09. The first-order valence-electron chi connectivity index (χ1n) is 6.22. The molecule has 0 spiro atoms. The van der Waals surface area contributed by atoms with Crippen LogP contribution < -0.4 is 0 Å². The minimum Gasteiger partial charge on any atom is -0.346 e. The maximum Gasteiger partial charge on any atom is 0.196 e. The first-order chi connectivity index (χ1) is 7.22. The molecule has 2 fully saturated rings. The van der Waals surface area contributed by atoms with Gasteiger partial charge in [0.15, 0.2) is 5.96 Å². The lowest BCUT2D eigenvalue weighted by molar-refractivity contribution is 0.316. The van der Waals surface area contributed by atoms with Crippen LogP contribution in [0.3, 0.4) is 0 Å². The molecule has 1 saturated carbocycles. The van der Waals surface area contributed by atoms with Crippen molar-refractivity contribution >= 4 is 5.96 Å². The van der Waals surface area contributed by atoms with Crippen LogP contribution in [0.25, 0.3) is 0 Å². The van der Waals surface area contributed by atoms with Crippen molar-refractivity contribution in [2.24, 2.45) is 10.9 Å². The zero-order chi connectivity index (χ0) is 10.8. The van der Waals surface area contributed by atoms with Gasteiger partial charge in [0.2, 0.25) is 0 Å². The molecule has 2 atom stereocenters. The monoisotopic (exact) mass is 209 g/mol. The van der Waals surface area contributed by atoms with Crippen molar-refractivity contribution in [3.8, 4) is 0 Å². The molecule has 0 radical (unpaired) electrons. The Balaban J connectivity index is 1.93. The highest BCUT2D eigenvalue weighted by Crippen LogP contribution is 2.38. The molecule has 3 nitrogen and oxygen atoms in total. The van der Waals surface area contributed by atoms with E-state index in [1.54, 1.807) is 0 Å². The first-order valence-corrected chi connectivity index (χ1v) is 6.22. The van der Waals surface area contributed by atoms with Gasteiger partial charge in [0.05, 0.1) is 6.04 Å². The fourth-order valence-electron chi connectivity index (χ4n) is 2.45. The second-order valence-electron chi connectivity index (χ2n) is 4.98. The highest BCUT2D eigenvalue weighted by Gasteiger charge is 2.37. The molecule has 0 unspecified atom stereocenters. The van der Waals surface area contributed by atoms with E-state index in [1.807, 2.05) is 0 Å². The van der Waals surface area contributed by atoms with E-state index in [2.05, 4.69) is 30.8 Å². The van der Waals surface area contributed by atoms with Gasteiger partial charge in [0.1, 0.15) is 0 Å². The van der Waals surface area contributed by atoms with Gasteiger partial charge < -0.3 is 9.80 Å². The van der Waals surface area contributed by atoms with Gasteiger partial charge in [-0.3, -0.25) is 0 Å². The SMILES string of the molecule is CCC[C@@H]1C[C@H]1N=C1N(C)CCCN1C. The predicted molar refractivity (Wildman–Crippen MR) is 64.1 cm³/mol. The summed E-state index contributed by atoms with van der Waals surface area (Å²) >= 11 is 0. The third-order valence-electron chi connectivity index (χ3n) is 3.50. The number of hydrogen-bond acceptors (Lipinski definition) is 1. The Morgan fingerprint density at radius 3 is 2.53 bits per heavy atom. The molecular formula is C12H23N3. The third-order valence-corrected chi connectivity index (χ3v) is 3.50. The summed E-state index contributed by atoms with van der Waals surface area (Å²) in [6, 6.07) is 0.628. The Kier molecular flexibility index (Phi) is 3.17. The van der Waals surface area contributed by atoms with Crippen LogP contribution in [-0.4, -0.2) is 49.0 Å². The normalized spacial score (nSPS) is 30.7. The topological polar surface area (TPSA) is 18.8 Å². The highest BCUT2D eigenvalue weighted by atomic mass is 15.4. The van der Waals surface area contributed by atoms with Gasteiger partial charge in [-0.15, -0.1) is 0 Å². The summed E-state index contributed by atoms with van der Waals surface area (Å²) in [5.41, 5.74) is 0. The van der Waals surface area contributed by atoms with E-state index in [9.17, 15) is 0 Å². The number of aliphatic imine (C=N–C) groups is 1. The molecule has 0 N–H and O–H groups in total. The van der Waals surface area contributed by atoms with Gasteiger partial charge in [-0.2, -0.15) is 0 Å². The molecule has 15 heavy (non-hydrogen) atoms. The lowest BCUT2D eigenvalue weighted by atomic mass is 10.2. The van der Waals surface area contributed by atoms with Crippen LogP contribution in [0.5, 0.6) is 0 Å². The first kappa shape index (κ1) is 10.8. The molecule has 1 aliphatic carbocycles. The molecule has 0 bridgehead atoms. The Morgan fingerprint density at radius 2 is 1.93 bits per heavy atom. The van der Waals surface area contributed by atoms with E-state index < -0.39 is 0 Å². The minimum absolute atomic E-state index is 0.628. The molecule has 3 heteroatoms. The molecule has 0 aromatic rings. The van der Waals surface area contributed by atoms with Gasteiger partial charge in [0, 0.05) is 27.2 Å². The minimum atomic E-state index is 0.628. The van der Waals surface area contributed by atoms with Gasteiger partial charge >= 0.3 is 0 Å². The molecule has 86 valence electrons. The Bertz CT molecular complexity index is 237. The van der Waals surface area contributed by atoms with Crippen molar-refractivity contribution in [2.45, 2.75) is 38.6 Å². The standard InChI is InChI=1S/C12H23N3/c1-4-6-10-9-11(10)13-12-14(2)7-5-8-15(12)3/h10-11H,4-9H2,1-3H3/t10-,11-/m1/s1. The number of rotatable bonds is 3. The van der Waals surface area contributed by atoms with Crippen molar-refractivity contribution in [2.75, 3.05) is 27.2 Å². The quantitative estimate of drug-likeness (QED) is 0.706. The fraction of sp³-hybridized carbons (Fsp3) is 0.917. The van der Waals surface area contributed by atoms with E-state index in [4.69, 9.17) is 4.99 Å². The van der Waals surface area contributed by atoms with E-state index in [0.717, 1.165) is 19.0 Å². The lowest BCUT2D eigenvalue weighted by Gasteiger charge is -2.34. The summed E-state index contributed by atoms with van der Waals surface area (Å²) in [6.45, 7) is 4.59.